The lowest BCUT2D eigenvalue weighted by Crippen LogP contribution is -2.01. The van der Waals surface area contributed by atoms with Crippen LogP contribution >= 0.6 is 43.5 Å². The molecule has 1 aromatic carbocycles. The van der Waals surface area contributed by atoms with Gasteiger partial charge in [0, 0.05) is 6.07 Å². The normalized spacial score (nSPS) is 10.2. The van der Waals surface area contributed by atoms with Crippen LogP contribution in [0.2, 0.25) is 5.02 Å². The molecule has 0 bridgehead atoms. The summed E-state index contributed by atoms with van der Waals surface area (Å²) in [4.78, 5) is 5.16. The molecule has 0 aliphatic rings. The average molecular weight is 498 g/mol. The third-order valence-electron chi connectivity index (χ3n) is 3.06. The van der Waals surface area contributed by atoms with Crippen molar-refractivity contribution >= 4 is 49.2 Å². The SMILES string of the molecule is CC(C)=NOCCCCCOc1c(C)cc(OCC=C(Br)Br)cc1Cl. The van der Waals surface area contributed by atoms with Crippen molar-refractivity contribution in [2.45, 2.75) is 40.0 Å². The molecule has 0 saturated heterocycles. The minimum absolute atomic E-state index is 0.450. The molecule has 0 aliphatic carbocycles. The highest BCUT2D eigenvalue weighted by Crippen LogP contribution is 2.33. The van der Waals surface area contributed by atoms with Crippen molar-refractivity contribution in [3.63, 3.8) is 0 Å². The lowest BCUT2D eigenvalue weighted by Gasteiger charge is -2.13. The van der Waals surface area contributed by atoms with Crippen LogP contribution in [0.5, 0.6) is 11.5 Å². The summed E-state index contributed by atoms with van der Waals surface area (Å²) in [7, 11) is 0. The number of unbranched alkanes of at least 4 members (excludes halogenated alkanes) is 2. The van der Waals surface area contributed by atoms with Gasteiger partial charge in [-0.2, -0.15) is 0 Å². The first-order chi connectivity index (χ1) is 11.9. The molecule has 4 nitrogen and oxygen atoms in total. The van der Waals surface area contributed by atoms with Gasteiger partial charge in [0.15, 0.2) is 0 Å². The fraction of sp³-hybridized carbons (Fsp3) is 0.500. The Balaban J connectivity index is 2.36. The minimum Gasteiger partial charge on any atom is -0.492 e. The largest absolute Gasteiger partial charge is 0.492 e. The molecule has 0 spiro atoms. The van der Waals surface area contributed by atoms with E-state index in [0.29, 0.717) is 30.6 Å². The second-order valence-electron chi connectivity index (χ2n) is 5.64. The van der Waals surface area contributed by atoms with Crippen molar-refractivity contribution in [1.29, 1.82) is 0 Å². The second kappa shape index (κ2) is 12.6. The molecular weight excluding hydrogens is 473 g/mol. The maximum absolute atomic E-state index is 6.31. The Kier molecular flexibility index (Phi) is 11.3. The van der Waals surface area contributed by atoms with E-state index in [4.69, 9.17) is 25.9 Å². The molecule has 140 valence electrons. The van der Waals surface area contributed by atoms with E-state index in [1.807, 2.05) is 32.9 Å². The number of aryl methyl sites for hydroxylation is 1. The Morgan fingerprint density at radius 2 is 1.84 bits per heavy atom. The predicted molar refractivity (Wildman–Crippen MR) is 112 cm³/mol. The molecule has 0 fully saturated rings. The molecule has 25 heavy (non-hydrogen) atoms. The monoisotopic (exact) mass is 495 g/mol. The lowest BCUT2D eigenvalue weighted by molar-refractivity contribution is 0.138. The van der Waals surface area contributed by atoms with Gasteiger partial charge in [0.2, 0.25) is 0 Å². The van der Waals surface area contributed by atoms with E-state index < -0.39 is 0 Å². The van der Waals surface area contributed by atoms with Crippen LogP contribution in [-0.4, -0.2) is 25.5 Å². The van der Waals surface area contributed by atoms with Crippen molar-refractivity contribution in [3.05, 3.63) is 32.2 Å². The number of halogens is 3. The molecule has 1 aromatic rings. The first-order valence-electron chi connectivity index (χ1n) is 8.10. The molecule has 0 heterocycles. The van der Waals surface area contributed by atoms with E-state index in [1.54, 1.807) is 6.07 Å². The summed E-state index contributed by atoms with van der Waals surface area (Å²) < 4.78 is 12.3. The summed E-state index contributed by atoms with van der Waals surface area (Å²) in [6.45, 7) is 7.49. The number of oxime groups is 1. The molecule has 7 heteroatoms. The topological polar surface area (TPSA) is 40.0 Å². The van der Waals surface area contributed by atoms with Crippen LogP contribution in [0, 0.1) is 6.92 Å². The maximum atomic E-state index is 6.31. The zero-order valence-corrected chi connectivity index (χ0v) is 18.7. The summed E-state index contributed by atoms with van der Waals surface area (Å²) in [6, 6.07) is 3.70. The molecule has 0 radical (unpaired) electrons. The number of nitrogens with zero attached hydrogens (tertiary/aromatic N) is 1. The van der Waals surface area contributed by atoms with E-state index in [0.717, 1.165) is 39.7 Å². The van der Waals surface area contributed by atoms with Crippen molar-refractivity contribution in [2.24, 2.45) is 5.16 Å². The highest BCUT2D eigenvalue weighted by atomic mass is 79.9. The average Bonchev–Trinajstić information content (AvgIpc) is 2.51. The molecule has 1 rings (SSSR count). The van der Waals surface area contributed by atoms with Gasteiger partial charge in [-0.3, -0.25) is 0 Å². The Morgan fingerprint density at radius 1 is 1.12 bits per heavy atom. The van der Waals surface area contributed by atoms with E-state index in [-0.39, 0.29) is 0 Å². The maximum Gasteiger partial charge on any atom is 0.141 e. The molecule has 0 saturated carbocycles. The van der Waals surface area contributed by atoms with Crippen LogP contribution in [0.15, 0.2) is 26.8 Å². The van der Waals surface area contributed by atoms with Crippen LogP contribution in [0.25, 0.3) is 0 Å². The van der Waals surface area contributed by atoms with Crippen molar-refractivity contribution in [2.75, 3.05) is 19.8 Å². The fourth-order valence-electron chi connectivity index (χ4n) is 1.96. The minimum atomic E-state index is 0.450. The third-order valence-corrected chi connectivity index (χ3v) is 3.99. The summed E-state index contributed by atoms with van der Waals surface area (Å²) in [5, 5.41) is 4.46. The van der Waals surface area contributed by atoms with E-state index in [1.165, 1.54) is 0 Å². The van der Waals surface area contributed by atoms with E-state index in [2.05, 4.69) is 37.0 Å². The third kappa shape index (κ3) is 10.1. The van der Waals surface area contributed by atoms with Gasteiger partial charge in [-0.15, -0.1) is 0 Å². The first kappa shape index (κ1) is 22.3. The number of ether oxygens (including phenoxy) is 2. The van der Waals surface area contributed by atoms with Gasteiger partial charge < -0.3 is 14.3 Å². The van der Waals surface area contributed by atoms with Gasteiger partial charge in [0.05, 0.1) is 20.7 Å². The highest BCUT2D eigenvalue weighted by Gasteiger charge is 2.09. The zero-order valence-electron chi connectivity index (χ0n) is 14.8. The number of benzene rings is 1. The highest BCUT2D eigenvalue weighted by molar-refractivity contribution is 9.28. The Morgan fingerprint density at radius 3 is 2.48 bits per heavy atom. The molecule has 0 atom stereocenters. The predicted octanol–water partition coefficient (Wildman–Crippen LogP) is 6.62. The molecule has 0 aliphatic heterocycles. The number of rotatable bonds is 11. The molecular formula is C18H24Br2ClNO3. The van der Waals surface area contributed by atoms with Crippen LogP contribution < -0.4 is 9.47 Å². The van der Waals surface area contributed by atoms with Gasteiger partial charge >= 0.3 is 0 Å². The van der Waals surface area contributed by atoms with Crippen LogP contribution in [-0.2, 0) is 4.84 Å². The van der Waals surface area contributed by atoms with Gasteiger partial charge in [-0.1, -0.05) is 16.8 Å². The standard InChI is InChI=1S/C18H24Br2ClNO3/c1-13(2)22-25-9-6-4-5-8-24-18-14(3)11-15(12-16(18)21)23-10-7-17(19)20/h7,11-12H,4-6,8-10H2,1-3H3. The van der Waals surface area contributed by atoms with Crippen molar-refractivity contribution in [3.8, 4) is 11.5 Å². The molecule has 0 unspecified atom stereocenters. The van der Waals surface area contributed by atoms with Crippen LogP contribution in [0.1, 0.15) is 38.7 Å². The fourth-order valence-corrected chi connectivity index (χ4v) is 2.54. The van der Waals surface area contributed by atoms with Crippen molar-refractivity contribution in [1.82, 2.24) is 0 Å². The Hall–Kier alpha value is -0.720. The van der Waals surface area contributed by atoms with Crippen molar-refractivity contribution < 1.29 is 14.3 Å². The Bertz CT molecular complexity index is 575. The van der Waals surface area contributed by atoms with Gasteiger partial charge in [0.25, 0.3) is 0 Å². The lowest BCUT2D eigenvalue weighted by atomic mass is 10.2. The summed E-state index contributed by atoms with van der Waals surface area (Å²) >= 11 is 12.9. The van der Waals surface area contributed by atoms with Crippen LogP contribution in [0.3, 0.4) is 0 Å². The first-order valence-corrected chi connectivity index (χ1v) is 10.1. The second-order valence-corrected chi connectivity index (χ2v) is 8.82. The number of hydrogen-bond donors (Lipinski definition) is 0. The number of hydrogen-bond acceptors (Lipinski definition) is 4. The molecule has 0 amide bonds. The quantitative estimate of drug-likeness (QED) is 0.196. The summed E-state index contributed by atoms with van der Waals surface area (Å²) in [5.74, 6) is 1.44. The summed E-state index contributed by atoms with van der Waals surface area (Å²) in [6.07, 6.45) is 4.78. The smallest absolute Gasteiger partial charge is 0.141 e. The Labute approximate surface area is 171 Å². The molecule has 0 N–H and O–H groups in total. The van der Waals surface area contributed by atoms with Gasteiger partial charge in [0.1, 0.15) is 24.7 Å². The van der Waals surface area contributed by atoms with Gasteiger partial charge in [-0.05, 0) is 89.6 Å². The summed E-state index contributed by atoms with van der Waals surface area (Å²) in [5.41, 5.74) is 1.89. The van der Waals surface area contributed by atoms with Gasteiger partial charge in [-0.25, -0.2) is 0 Å². The molecule has 0 aromatic heterocycles. The zero-order chi connectivity index (χ0) is 18.7. The van der Waals surface area contributed by atoms with Crippen LogP contribution in [0.4, 0.5) is 0 Å². The van der Waals surface area contributed by atoms with E-state index >= 15 is 0 Å². The van der Waals surface area contributed by atoms with E-state index in [9.17, 15) is 0 Å².